The number of hydrogen-bond acceptors (Lipinski definition) is 5. The Hall–Kier alpha value is -3.49. The normalized spacial score (nSPS) is 13.9. The molecule has 1 aliphatic heterocycles. The van der Waals surface area contributed by atoms with Crippen LogP contribution in [0.2, 0.25) is 0 Å². The zero-order valence-corrected chi connectivity index (χ0v) is 19.1. The molecule has 1 aromatic heterocycles. The predicted molar refractivity (Wildman–Crippen MR) is 130 cm³/mol. The van der Waals surface area contributed by atoms with Crippen LogP contribution in [0.4, 0.5) is 4.39 Å². The molecule has 1 aliphatic rings. The number of carbonyl (C=O) groups is 1. The average Bonchev–Trinajstić information content (AvgIpc) is 2.88. The molecular weight excluding hydrogens is 453 g/mol. The Balaban J connectivity index is 1.59. The molecule has 0 unspecified atom stereocenters. The van der Waals surface area contributed by atoms with Gasteiger partial charge in [-0.25, -0.2) is 9.37 Å². The van der Waals surface area contributed by atoms with E-state index in [2.05, 4.69) is 0 Å². The van der Waals surface area contributed by atoms with Gasteiger partial charge in [0, 0.05) is 24.4 Å². The summed E-state index contributed by atoms with van der Waals surface area (Å²) in [5, 5.41) is 0.801. The van der Waals surface area contributed by atoms with E-state index >= 15 is 0 Å². The molecule has 3 aromatic carbocycles. The van der Waals surface area contributed by atoms with Crippen molar-refractivity contribution in [1.82, 2.24) is 14.5 Å². The number of benzene rings is 3. The van der Waals surface area contributed by atoms with Crippen molar-refractivity contribution in [2.75, 3.05) is 26.3 Å². The van der Waals surface area contributed by atoms with Crippen LogP contribution < -0.4 is 5.56 Å². The Morgan fingerprint density at radius 1 is 1.00 bits per heavy atom. The Morgan fingerprint density at radius 2 is 1.79 bits per heavy atom. The van der Waals surface area contributed by atoms with Crippen LogP contribution in [0, 0.1) is 5.82 Å². The van der Waals surface area contributed by atoms with E-state index in [-0.39, 0.29) is 11.5 Å². The van der Waals surface area contributed by atoms with E-state index in [4.69, 9.17) is 9.72 Å². The van der Waals surface area contributed by atoms with Gasteiger partial charge in [-0.2, -0.15) is 0 Å². The third-order valence-corrected chi connectivity index (χ3v) is 6.67. The molecule has 1 fully saturated rings. The van der Waals surface area contributed by atoms with Gasteiger partial charge in [0.1, 0.15) is 5.82 Å². The monoisotopic (exact) mass is 475 g/mol. The van der Waals surface area contributed by atoms with Crippen molar-refractivity contribution in [3.8, 4) is 5.69 Å². The van der Waals surface area contributed by atoms with Crippen LogP contribution in [-0.2, 0) is 10.5 Å². The van der Waals surface area contributed by atoms with Crippen molar-refractivity contribution >= 4 is 28.6 Å². The van der Waals surface area contributed by atoms with Gasteiger partial charge in [0.15, 0.2) is 5.16 Å². The molecule has 172 valence electrons. The van der Waals surface area contributed by atoms with Gasteiger partial charge < -0.3 is 9.64 Å². The fraction of sp³-hybridized carbons (Fsp3) is 0.192. The van der Waals surface area contributed by atoms with Gasteiger partial charge in [-0.15, -0.1) is 0 Å². The molecular formula is C26H22FN3O3S. The summed E-state index contributed by atoms with van der Waals surface area (Å²) >= 11 is 1.39. The first-order valence-corrected chi connectivity index (χ1v) is 12.0. The Kier molecular flexibility index (Phi) is 6.42. The van der Waals surface area contributed by atoms with Gasteiger partial charge in [-0.05, 0) is 42.0 Å². The lowest BCUT2D eigenvalue weighted by Crippen LogP contribution is -2.40. The number of carbonyl (C=O) groups excluding carboxylic acids is 1. The molecule has 2 heterocycles. The van der Waals surface area contributed by atoms with Crippen LogP contribution in [0.3, 0.4) is 0 Å². The molecule has 5 rings (SSSR count). The molecule has 0 radical (unpaired) electrons. The molecule has 8 heteroatoms. The molecule has 0 N–H and O–H groups in total. The molecule has 0 spiro atoms. The van der Waals surface area contributed by atoms with Crippen LogP contribution in [0.15, 0.2) is 82.7 Å². The van der Waals surface area contributed by atoms with E-state index in [9.17, 15) is 14.0 Å². The maximum atomic E-state index is 14.0. The minimum Gasteiger partial charge on any atom is -0.378 e. The van der Waals surface area contributed by atoms with Crippen molar-refractivity contribution in [2.45, 2.75) is 10.9 Å². The summed E-state index contributed by atoms with van der Waals surface area (Å²) in [6, 6.07) is 20.7. The number of fused-ring (bicyclic) bond motifs is 1. The van der Waals surface area contributed by atoms with E-state index < -0.39 is 5.82 Å². The average molecular weight is 476 g/mol. The van der Waals surface area contributed by atoms with E-state index in [1.807, 2.05) is 30.3 Å². The smallest absolute Gasteiger partial charge is 0.266 e. The lowest BCUT2D eigenvalue weighted by Gasteiger charge is -2.26. The number of morpholine rings is 1. The highest BCUT2D eigenvalue weighted by molar-refractivity contribution is 7.98. The van der Waals surface area contributed by atoms with E-state index in [0.29, 0.717) is 59.4 Å². The molecule has 6 nitrogen and oxygen atoms in total. The van der Waals surface area contributed by atoms with Crippen LogP contribution in [0.1, 0.15) is 15.9 Å². The first kappa shape index (κ1) is 22.3. The second-order valence-corrected chi connectivity index (χ2v) is 8.87. The second kappa shape index (κ2) is 9.79. The summed E-state index contributed by atoms with van der Waals surface area (Å²) < 4.78 is 20.8. The fourth-order valence-electron chi connectivity index (χ4n) is 3.91. The molecule has 34 heavy (non-hydrogen) atoms. The third-order valence-electron chi connectivity index (χ3n) is 5.66. The summed E-state index contributed by atoms with van der Waals surface area (Å²) in [4.78, 5) is 33.0. The fourth-order valence-corrected chi connectivity index (χ4v) is 4.88. The number of hydrogen-bond donors (Lipinski definition) is 0. The summed E-state index contributed by atoms with van der Waals surface area (Å²) in [6.07, 6.45) is 0. The van der Waals surface area contributed by atoms with E-state index in [0.717, 1.165) is 5.56 Å². The second-order valence-electron chi connectivity index (χ2n) is 7.93. The highest BCUT2D eigenvalue weighted by Crippen LogP contribution is 2.25. The third kappa shape index (κ3) is 4.60. The molecule has 0 bridgehead atoms. The zero-order chi connectivity index (χ0) is 23.5. The summed E-state index contributed by atoms with van der Waals surface area (Å²) in [5.41, 5.74) is 2.08. The largest absolute Gasteiger partial charge is 0.378 e. The van der Waals surface area contributed by atoms with Crippen LogP contribution >= 0.6 is 11.8 Å². The number of amides is 1. The van der Waals surface area contributed by atoms with Crippen LogP contribution in [0.25, 0.3) is 16.6 Å². The van der Waals surface area contributed by atoms with Gasteiger partial charge in [-0.1, -0.05) is 48.2 Å². The number of rotatable bonds is 5. The zero-order valence-electron chi connectivity index (χ0n) is 18.3. The van der Waals surface area contributed by atoms with Gasteiger partial charge in [0.2, 0.25) is 0 Å². The topological polar surface area (TPSA) is 64.4 Å². The first-order chi connectivity index (χ1) is 16.6. The minimum absolute atomic E-state index is 0.111. The highest BCUT2D eigenvalue weighted by atomic mass is 32.2. The highest BCUT2D eigenvalue weighted by Gasteiger charge is 2.20. The maximum Gasteiger partial charge on any atom is 0.266 e. The molecule has 0 atom stereocenters. The molecule has 0 aliphatic carbocycles. The SMILES string of the molecule is O=C(c1ccc2c(=O)n(-c3cccc(F)c3)c(SCc3ccccc3)nc2c1)N1CCOCC1. The molecule has 1 amide bonds. The van der Waals surface area contributed by atoms with Gasteiger partial charge in [-0.3, -0.25) is 14.2 Å². The number of halogens is 1. The maximum absolute atomic E-state index is 14.0. The van der Waals surface area contributed by atoms with E-state index in [1.54, 1.807) is 35.2 Å². The standard InChI is InChI=1S/C26H22FN3O3S/c27-20-7-4-8-21(16-20)30-25(32)22-10-9-19(24(31)29-11-13-33-14-12-29)15-23(22)28-26(30)34-17-18-5-2-1-3-6-18/h1-10,15-16H,11-14,17H2. The van der Waals surface area contributed by atoms with E-state index in [1.165, 1.54) is 28.5 Å². The Morgan fingerprint density at radius 3 is 2.56 bits per heavy atom. The Bertz CT molecular complexity index is 1400. The van der Waals surface area contributed by atoms with Crippen LogP contribution in [-0.4, -0.2) is 46.7 Å². The number of ether oxygens (including phenoxy) is 1. The number of aromatic nitrogens is 2. The van der Waals surface area contributed by atoms with Crippen molar-refractivity contribution < 1.29 is 13.9 Å². The lowest BCUT2D eigenvalue weighted by atomic mass is 10.1. The van der Waals surface area contributed by atoms with Crippen molar-refractivity contribution in [3.63, 3.8) is 0 Å². The first-order valence-electron chi connectivity index (χ1n) is 11.0. The summed E-state index contributed by atoms with van der Waals surface area (Å²) in [5.74, 6) is 0.0373. The summed E-state index contributed by atoms with van der Waals surface area (Å²) in [7, 11) is 0. The summed E-state index contributed by atoms with van der Waals surface area (Å²) in [6.45, 7) is 2.08. The van der Waals surface area contributed by atoms with Gasteiger partial charge in [0.25, 0.3) is 11.5 Å². The van der Waals surface area contributed by atoms with Gasteiger partial charge in [0.05, 0.1) is 29.8 Å². The quantitative estimate of drug-likeness (QED) is 0.318. The molecule has 4 aromatic rings. The van der Waals surface area contributed by atoms with Crippen molar-refractivity contribution in [3.05, 3.63) is 100 Å². The minimum atomic E-state index is -0.435. The van der Waals surface area contributed by atoms with Gasteiger partial charge >= 0.3 is 0 Å². The van der Waals surface area contributed by atoms with Crippen LogP contribution in [0.5, 0.6) is 0 Å². The molecule has 1 saturated heterocycles. The van der Waals surface area contributed by atoms with Crippen molar-refractivity contribution in [1.29, 1.82) is 0 Å². The number of thioether (sulfide) groups is 1. The van der Waals surface area contributed by atoms with Crippen molar-refractivity contribution in [2.24, 2.45) is 0 Å². The number of nitrogens with zero attached hydrogens (tertiary/aromatic N) is 3. The lowest BCUT2D eigenvalue weighted by molar-refractivity contribution is 0.0303. The Labute approximate surface area is 200 Å². The molecule has 0 saturated carbocycles. The predicted octanol–water partition coefficient (Wildman–Crippen LogP) is 4.29.